The number of aromatic amines is 1. The Bertz CT molecular complexity index is 1640. The van der Waals surface area contributed by atoms with Crippen molar-refractivity contribution in [2.45, 2.75) is 56.2 Å². The van der Waals surface area contributed by atoms with E-state index in [0.717, 1.165) is 22.0 Å². The molecule has 1 fully saturated rings. The summed E-state index contributed by atoms with van der Waals surface area (Å²) in [7, 11) is -4.27. The van der Waals surface area contributed by atoms with Gasteiger partial charge in [-0.25, -0.2) is 4.79 Å². The number of aromatic nitrogens is 1. The number of rotatable bonds is 12. The number of ether oxygens (including phenoxy) is 1. The van der Waals surface area contributed by atoms with E-state index in [2.05, 4.69) is 15.6 Å². The summed E-state index contributed by atoms with van der Waals surface area (Å²) in [5, 5.41) is 18.1. The van der Waals surface area contributed by atoms with Gasteiger partial charge in [-0.1, -0.05) is 85.3 Å². The summed E-state index contributed by atoms with van der Waals surface area (Å²) < 4.78 is 19.6. The zero-order valence-corrected chi connectivity index (χ0v) is 25.0. The van der Waals surface area contributed by atoms with Crippen LogP contribution in [0.15, 0.2) is 91.1 Å². The van der Waals surface area contributed by atoms with Gasteiger partial charge in [-0.15, -0.1) is 0 Å². The van der Waals surface area contributed by atoms with Crippen molar-refractivity contribution in [3.63, 3.8) is 0 Å². The van der Waals surface area contributed by atoms with Gasteiger partial charge >= 0.3 is 6.09 Å². The van der Waals surface area contributed by atoms with Crippen LogP contribution in [0.3, 0.4) is 0 Å². The van der Waals surface area contributed by atoms with Crippen LogP contribution in [0.5, 0.6) is 0 Å². The fourth-order valence-electron chi connectivity index (χ4n) is 5.93. The van der Waals surface area contributed by atoms with Gasteiger partial charge in [0.25, 0.3) is 0 Å². The lowest BCUT2D eigenvalue weighted by atomic mass is 10.0. The minimum Gasteiger partial charge on any atom is -0.548 e. The molecule has 0 bridgehead atoms. The third-order valence-corrected chi connectivity index (χ3v) is 11.0. The Kier molecular flexibility index (Phi) is 9.82. The largest absolute Gasteiger partial charge is 0.548 e. The number of fused-ring (bicyclic) bond motifs is 1. The van der Waals surface area contributed by atoms with Crippen molar-refractivity contribution in [1.29, 1.82) is 0 Å². The summed E-state index contributed by atoms with van der Waals surface area (Å²) in [6.07, 6.45) is 1.96. The minimum absolute atomic E-state index is 0.0162. The van der Waals surface area contributed by atoms with E-state index in [1.807, 2.05) is 48.5 Å². The van der Waals surface area contributed by atoms with Gasteiger partial charge in [-0.2, -0.15) is 0 Å². The highest BCUT2D eigenvalue weighted by Gasteiger charge is 2.49. The summed E-state index contributed by atoms with van der Waals surface area (Å²) in [4.78, 5) is 53.2. The fourth-order valence-corrected chi connectivity index (χ4v) is 8.50. The zero-order chi connectivity index (χ0) is 31.1. The SMILES string of the molecule is O=C(NC(Cc1ccccc1)P(=O)(O)C1CCCC1C(=O)NC(Cc1c[nH]c2ccccc12)C(=O)[O-])OCc1ccccc1. The molecule has 5 unspecified atom stereocenters. The lowest BCUT2D eigenvalue weighted by molar-refractivity contribution is -0.308. The third kappa shape index (κ3) is 7.38. The Morgan fingerprint density at radius 1 is 0.909 bits per heavy atom. The molecule has 1 aliphatic carbocycles. The maximum atomic E-state index is 14.2. The van der Waals surface area contributed by atoms with Gasteiger partial charge in [0.15, 0.2) is 0 Å². The number of carboxylic acid groups (broad SMARTS) is 1. The number of aliphatic carboxylic acids is 1. The number of carbonyl (C=O) groups excluding carboxylic acids is 3. The normalized spacial score (nSPS) is 19.0. The lowest BCUT2D eigenvalue weighted by Gasteiger charge is -2.32. The zero-order valence-electron chi connectivity index (χ0n) is 24.1. The van der Waals surface area contributed by atoms with Gasteiger partial charge in [-0.05, 0) is 35.6 Å². The Morgan fingerprint density at radius 2 is 1.57 bits per heavy atom. The molecule has 1 heterocycles. The third-order valence-electron chi connectivity index (χ3n) is 8.21. The first-order valence-corrected chi connectivity index (χ1v) is 16.4. The van der Waals surface area contributed by atoms with E-state index in [1.165, 1.54) is 0 Å². The molecule has 2 amide bonds. The number of carboxylic acids is 1. The predicted octanol–water partition coefficient (Wildman–Crippen LogP) is 3.88. The summed E-state index contributed by atoms with van der Waals surface area (Å²) in [5.74, 6) is -4.22. The quantitative estimate of drug-likeness (QED) is 0.176. The molecule has 5 atom stereocenters. The Morgan fingerprint density at radius 3 is 2.27 bits per heavy atom. The first-order valence-electron chi connectivity index (χ1n) is 14.6. The van der Waals surface area contributed by atoms with Crippen molar-refractivity contribution in [2.75, 3.05) is 0 Å². The van der Waals surface area contributed by atoms with E-state index in [4.69, 9.17) is 4.74 Å². The molecule has 1 aromatic heterocycles. The number of benzene rings is 3. The number of alkyl carbamates (subject to hydrolysis) is 1. The van der Waals surface area contributed by atoms with Crippen LogP contribution in [0.25, 0.3) is 10.9 Å². The molecule has 230 valence electrons. The van der Waals surface area contributed by atoms with Crippen LogP contribution in [0.2, 0.25) is 0 Å². The van der Waals surface area contributed by atoms with Crippen molar-refractivity contribution < 1.29 is 33.7 Å². The van der Waals surface area contributed by atoms with Crippen molar-refractivity contribution in [2.24, 2.45) is 5.92 Å². The fraction of sp³-hybridized carbons (Fsp3) is 0.303. The second-order valence-electron chi connectivity index (χ2n) is 11.1. The Hall–Kier alpha value is -4.40. The number of H-pyrrole nitrogens is 1. The molecule has 0 spiro atoms. The molecular formula is C33H35N3O7P-. The topological polar surface area (TPSA) is 161 Å². The number of amides is 2. The highest BCUT2D eigenvalue weighted by atomic mass is 31.2. The first-order chi connectivity index (χ1) is 21.2. The molecule has 0 radical (unpaired) electrons. The number of carbonyl (C=O) groups is 3. The Balaban J connectivity index is 1.31. The van der Waals surface area contributed by atoms with Crippen LogP contribution in [-0.4, -0.2) is 45.3 Å². The summed E-state index contributed by atoms with van der Waals surface area (Å²) >= 11 is 0. The number of nitrogens with one attached hydrogen (secondary N) is 3. The highest BCUT2D eigenvalue weighted by Crippen LogP contribution is 2.58. The van der Waals surface area contributed by atoms with E-state index >= 15 is 0 Å². The van der Waals surface area contributed by atoms with Crippen LogP contribution in [0, 0.1) is 5.92 Å². The van der Waals surface area contributed by atoms with Crippen molar-refractivity contribution in [1.82, 2.24) is 15.6 Å². The second-order valence-corrected chi connectivity index (χ2v) is 13.8. The molecule has 11 heteroatoms. The summed E-state index contributed by atoms with van der Waals surface area (Å²) in [6.45, 7) is -0.0179. The molecule has 0 saturated heterocycles. The molecule has 1 aliphatic rings. The van der Waals surface area contributed by atoms with Crippen molar-refractivity contribution >= 4 is 36.2 Å². The monoisotopic (exact) mass is 616 g/mol. The van der Waals surface area contributed by atoms with Gasteiger partial charge in [0.1, 0.15) is 12.4 Å². The van der Waals surface area contributed by atoms with E-state index in [1.54, 1.807) is 42.6 Å². The molecule has 44 heavy (non-hydrogen) atoms. The number of hydrogen-bond donors (Lipinski definition) is 4. The average Bonchev–Trinajstić information content (AvgIpc) is 3.69. The second kappa shape index (κ2) is 13.9. The smallest absolute Gasteiger partial charge is 0.408 e. The van der Waals surface area contributed by atoms with Gasteiger partial charge in [0.2, 0.25) is 13.3 Å². The average molecular weight is 617 g/mol. The van der Waals surface area contributed by atoms with E-state index in [0.29, 0.717) is 18.4 Å². The molecule has 0 aliphatic heterocycles. The number of para-hydroxylation sites is 1. The molecule has 10 nitrogen and oxygen atoms in total. The highest BCUT2D eigenvalue weighted by molar-refractivity contribution is 7.59. The Labute approximate surface area is 255 Å². The number of hydrogen-bond acceptors (Lipinski definition) is 6. The van der Waals surface area contributed by atoms with E-state index in [-0.39, 0.29) is 25.9 Å². The lowest BCUT2D eigenvalue weighted by Crippen LogP contribution is -2.51. The summed E-state index contributed by atoms with van der Waals surface area (Å²) in [5.41, 5.74) is 2.04. The van der Waals surface area contributed by atoms with Gasteiger partial charge < -0.3 is 35.1 Å². The molecule has 4 N–H and O–H groups in total. The first kappa shape index (κ1) is 31.0. The van der Waals surface area contributed by atoms with Gasteiger partial charge in [-0.3, -0.25) is 9.36 Å². The van der Waals surface area contributed by atoms with Crippen LogP contribution in [0.4, 0.5) is 4.79 Å². The minimum atomic E-state index is -4.27. The molecule has 4 aromatic rings. The molecule has 1 saturated carbocycles. The molecule has 5 rings (SSSR count). The summed E-state index contributed by atoms with van der Waals surface area (Å²) in [6, 6.07) is 24.1. The maximum Gasteiger partial charge on any atom is 0.408 e. The van der Waals surface area contributed by atoms with E-state index in [9.17, 15) is 28.9 Å². The van der Waals surface area contributed by atoms with Crippen molar-refractivity contribution in [3.8, 4) is 0 Å². The standard InChI is InChI=1S/C33H36N3O7P/c37-31(35-28(32(38)39)19-24-20-34-27-16-8-7-14-25(24)27)26-15-9-17-29(26)44(41,42)30(18-22-10-3-1-4-11-22)36-33(40)43-21-23-12-5-2-6-13-23/h1-8,10-14,16,20,26,28-30,34H,9,15,17-19,21H2,(H,35,37)(H,36,40)(H,38,39)(H,41,42)/p-1. The maximum absolute atomic E-state index is 14.2. The van der Waals surface area contributed by atoms with Crippen LogP contribution < -0.4 is 15.7 Å². The molecular weight excluding hydrogens is 581 g/mol. The van der Waals surface area contributed by atoms with E-state index < -0.39 is 48.7 Å². The molecule has 3 aromatic carbocycles. The van der Waals surface area contributed by atoms with Crippen LogP contribution in [0.1, 0.15) is 36.0 Å². The van der Waals surface area contributed by atoms with Crippen LogP contribution in [-0.2, 0) is 38.3 Å². The van der Waals surface area contributed by atoms with Crippen molar-refractivity contribution in [3.05, 3.63) is 108 Å². The predicted molar refractivity (Wildman–Crippen MR) is 164 cm³/mol. The van der Waals surface area contributed by atoms with Gasteiger partial charge in [0.05, 0.1) is 12.0 Å². The van der Waals surface area contributed by atoms with Crippen LogP contribution >= 0.6 is 7.37 Å². The van der Waals surface area contributed by atoms with Gasteiger partial charge in [0, 0.05) is 41.5 Å².